The summed E-state index contributed by atoms with van der Waals surface area (Å²) in [5, 5.41) is 7.59. The Morgan fingerprint density at radius 1 is 1.10 bits per heavy atom. The zero-order valence-corrected chi connectivity index (χ0v) is 17.8. The van der Waals surface area contributed by atoms with Gasteiger partial charge in [0.05, 0.1) is 6.20 Å². The highest BCUT2D eigenvalue weighted by atomic mass is 16.1. The minimum absolute atomic E-state index is 0.0190. The summed E-state index contributed by atoms with van der Waals surface area (Å²) in [6.45, 7) is 4.83. The second-order valence-corrected chi connectivity index (χ2v) is 8.62. The molecule has 1 fully saturated rings. The first-order valence-corrected chi connectivity index (χ1v) is 10.9. The van der Waals surface area contributed by atoms with Crippen LogP contribution in [-0.2, 0) is 5.41 Å². The van der Waals surface area contributed by atoms with Crippen molar-refractivity contribution >= 4 is 5.91 Å². The normalized spacial score (nSPS) is 15.8. The highest BCUT2D eigenvalue weighted by Gasteiger charge is 2.34. The van der Waals surface area contributed by atoms with Crippen molar-refractivity contribution in [1.82, 2.24) is 20.1 Å². The van der Waals surface area contributed by atoms with Gasteiger partial charge in [0, 0.05) is 36.0 Å². The van der Waals surface area contributed by atoms with Gasteiger partial charge in [-0.3, -0.25) is 14.5 Å². The lowest BCUT2D eigenvalue weighted by atomic mass is 9.69. The first-order valence-electron chi connectivity index (χ1n) is 10.9. The lowest BCUT2D eigenvalue weighted by molar-refractivity contribution is 0.0931. The van der Waals surface area contributed by atoms with E-state index in [1.54, 1.807) is 6.20 Å². The summed E-state index contributed by atoms with van der Waals surface area (Å²) in [5.41, 5.74) is 3.74. The van der Waals surface area contributed by atoms with Gasteiger partial charge in [0.15, 0.2) is 0 Å². The van der Waals surface area contributed by atoms with Crippen LogP contribution in [-0.4, -0.2) is 27.2 Å². The van der Waals surface area contributed by atoms with Gasteiger partial charge in [0.2, 0.25) is 0 Å². The summed E-state index contributed by atoms with van der Waals surface area (Å²) in [5.74, 6) is -0.117. The molecule has 0 radical (unpaired) electrons. The number of hydrogen-bond donors (Lipinski definition) is 1. The smallest absolute Gasteiger partial charge is 0.269 e. The quantitative estimate of drug-likeness (QED) is 0.620. The van der Waals surface area contributed by atoms with E-state index in [0.29, 0.717) is 18.3 Å². The van der Waals surface area contributed by atoms with E-state index in [1.165, 1.54) is 24.8 Å². The maximum atomic E-state index is 13.0. The van der Waals surface area contributed by atoms with Crippen LogP contribution in [0.5, 0.6) is 0 Å². The number of carbonyl (C=O) groups excluding carboxylic acids is 1. The van der Waals surface area contributed by atoms with Crippen molar-refractivity contribution in [2.24, 2.45) is 0 Å². The molecule has 5 heteroatoms. The Hall–Kier alpha value is -2.95. The maximum Gasteiger partial charge on any atom is 0.269 e. The number of nitrogens with zero attached hydrogens (tertiary/aromatic N) is 3. The molecule has 156 valence electrons. The van der Waals surface area contributed by atoms with E-state index < -0.39 is 0 Å². The second-order valence-electron chi connectivity index (χ2n) is 8.62. The number of hydrogen-bond acceptors (Lipinski definition) is 3. The van der Waals surface area contributed by atoms with Crippen molar-refractivity contribution in [1.29, 1.82) is 0 Å². The molecule has 1 saturated carbocycles. The number of pyridine rings is 1. The third kappa shape index (κ3) is 4.30. The van der Waals surface area contributed by atoms with Crippen molar-refractivity contribution < 1.29 is 4.79 Å². The molecule has 0 saturated heterocycles. The van der Waals surface area contributed by atoms with E-state index in [2.05, 4.69) is 59.6 Å². The fourth-order valence-electron chi connectivity index (χ4n) is 4.43. The number of rotatable bonds is 6. The Balaban J connectivity index is 1.50. The summed E-state index contributed by atoms with van der Waals surface area (Å²) < 4.78 is 1.92. The molecule has 2 heterocycles. The van der Waals surface area contributed by atoms with Gasteiger partial charge in [-0.05, 0) is 49.9 Å². The van der Waals surface area contributed by atoms with E-state index in [4.69, 9.17) is 0 Å². The van der Waals surface area contributed by atoms with Gasteiger partial charge in [0.1, 0.15) is 5.69 Å². The number of benzene rings is 1. The number of nitrogens with one attached hydrogen (secondary N) is 1. The third-order valence-electron chi connectivity index (χ3n) is 6.24. The lowest BCUT2D eigenvalue weighted by Crippen LogP contribution is -2.42. The summed E-state index contributed by atoms with van der Waals surface area (Å²) in [7, 11) is 0. The van der Waals surface area contributed by atoms with E-state index in [0.717, 1.165) is 24.0 Å². The molecule has 0 unspecified atom stereocenters. The Kier molecular flexibility index (Phi) is 5.98. The SMILES string of the molecule is CC(C)n1cc(-c2ccnc(C(=O)NCC3(c4ccccc4)CCCCC3)c2)cn1. The van der Waals surface area contributed by atoms with E-state index >= 15 is 0 Å². The van der Waals surface area contributed by atoms with Crippen molar-refractivity contribution in [3.63, 3.8) is 0 Å². The predicted octanol–water partition coefficient (Wildman–Crippen LogP) is 5.16. The molecule has 0 atom stereocenters. The summed E-state index contributed by atoms with van der Waals surface area (Å²) in [6, 6.07) is 14.7. The van der Waals surface area contributed by atoms with Gasteiger partial charge in [-0.1, -0.05) is 49.6 Å². The Morgan fingerprint density at radius 3 is 2.57 bits per heavy atom. The minimum Gasteiger partial charge on any atom is -0.350 e. The Labute approximate surface area is 178 Å². The van der Waals surface area contributed by atoms with Crippen LogP contribution in [0.15, 0.2) is 61.1 Å². The van der Waals surface area contributed by atoms with Crippen LogP contribution >= 0.6 is 0 Å². The van der Waals surface area contributed by atoms with Gasteiger partial charge in [0.25, 0.3) is 5.91 Å². The minimum atomic E-state index is -0.117. The number of aromatic nitrogens is 3. The molecule has 1 aliphatic rings. The van der Waals surface area contributed by atoms with Gasteiger partial charge >= 0.3 is 0 Å². The van der Waals surface area contributed by atoms with Gasteiger partial charge < -0.3 is 5.32 Å². The maximum absolute atomic E-state index is 13.0. The highest BCUT2D eigenvalue weighted by molar-refractivity contribution is 5.93. The molecule has 0 bridgehead atoms. The first kappa shape index (κ1) is 20.3. The van der Waals surface area contributed by atoms with Crippen LogP contribution in [0.25, 0.3) is 11.1 Å². The van der Waals surface area contributed by atoms with Crippen molar-refractivity contribution in [3.05, 3.63) is 72.3 Å². The molecular formula is C25H30N4O. The topological polar surface area (TPSA) is 59.8 Å². The summed E-state index contributed by atoms with van der Waals surface area (Å²) in [6.07, 6.45) is 11.5. The molecular weight excluding hydrogens is 372 g/mol. The molecule has 3 aromatic rings. The zero-order valence-electron chi connectivity index (χ0n) is 17.8. The van der Waals surface area contributed by atoms with Crippen LogP contribution < -0.4 is 5.32 Å². The van der Waals surface area contributed by atoms with Gasteiger partial charge in [-0.25, -0.2) is 0 Å². The van der Waals surface area contributed by atoms with Crippen LogP contribution in [0.3, 0.4) is 0 Å². The monoisotopic (exact) mass is 402 g/mol. The van der Waals surface area contributed by atoms with Crippen LogP contribution in [0, 0.1) is 0 Å². The van der Waals surface area contributed by atoms with Gasteiger partial charge in [-0.2, -0.15) is 5.10 Å². The molecule has 1 amide bonds. The average Bonchev–Trinajstić information content (AvgIpc) is 3.30. The molecule has 2 aromatic heterocycles. The third-order valence-corrected chi connectivity index (χ3v) is 6.24. The Morgan fingerprint density at radius 2 is 1.87 bits per heavy atom. The molecule has 0 aliphatic heterocycles. The largest absolute Gasteiger partial charge is 0.350 e. The van der Waals surface area contributed by atoms with E-state index in [9.17, 15) is 4.79 Å². The molecule has 1 aliphatic carbocycles. The summed E-state index contributed by atoms with van der Waals surface area (Å²) in [4.78, 5) is 17.3. The number of carbonyl (C=O) groups is 1. The Bertz CT molecular complexity index is 987. The second kappa shape index (κ2) is 8.82. The van der Waals surface area contributed by atoms with Crippen molar-refractivity contribution in [3.8, 4) is 11.1 Å². The standard InChI is InChI=1S/C25H30N4O/c1-19(2)29-17-21(16-28-29)20-11-14-26-23(15-20)24(30)27-18-25(12-7-4-8-13-25)22-9-5-3-6-10-22/h3,5-6,9-11,14-17,19H,4,7-8,12-13,18H2,1-2H3,(H,27,30). The van der Waals surface area contributed by atoms with Gasteiger partial charge in [-0.15, -0.1) is 0 Å². The fraction of sp³-hybridized carbons (Fsp3) is 0.400. The molecule has 0 spiro atoms. The van der Waals surface area contributed by atoms with Crippen molar-refractivity contribution in [2.75, 3.05) is 6.54 Å². The molecule has 1 aromatic carbocycles. The molecule has 4 rings (SSSR count). The van der Waals surface area contributed by atoms with Crippen LogP contribution in [0.1, 0.15) is 68.0 Å². The molecule has 5 nitrogen and oxygen atoms in total. The average molecular weight is 403 g/mol. The predicted molar refractivity (Wildman–Crippen MR) is 119 cm³/mol. The molecule has 1 N–H and O–H groups in total. The molecule has 30 heavy (non-hydrogen) atoms. The van der Waals surface area contributed by atoms with Crippen molar-refractivity contribution in [2.45, 2.75) is 57.4 Å². The number of amides is 1. The lowest BCUT2D eigenvalue weighted by Gasteiger charge is -2.38. The summed E-state index contributed by atoms with van der Waals surface area (Å²) >= 11 is 0. The fourth-order valence-corrected chi connectivity index (χ4v) is 4.43. The van der Waals surface area contributed by atoms with E-state index in [-0.39, 0.29) is 11.3 Å². The zero-order chi connectivity index (χ0) is 21.0. The van der Waals surface area contributed by atoms with Crippen LogP contribution in [0.4, 0.5) is 0 Å². The van der Waals surface area contributed by atoms with Crippen LogP contribution in [0.2, 0.25) is 0 Å². The highest BCUT2D eigenvalue weighted by Crippen LogP contribution is 2.39. The first-order chi connectivity index (χ1) is 14.6. The van der Waals surface area contributed by atoms with E-state index in [1.807, 2.05) is 29.2 Å².